The van der Waals surface area contributed by atoms with Crippen molar-refractivity contribution in [2.75, 3.05) is 21.3 Å². The average molecular weight is 1580 g/mol. The van der Waals surface area contributed by atoms with Gasteiger partial charge in [-0.15, -0.1) is 0 Å². The molecule has 0 aliphatic heterocycles. The van der Waals surface area contributed by atoms with Gasteiger partial charge in [0.05, 0.1) is 60.3 Å². The number of hydrogen-bond acceptors (Lipinski definition) is 13. The van der Waals surface area contributed by atoms with Crippen molar-refractivity contribution in [3.8, 4) is 11.3 Å². The monoisotopic (exact) mass is 1580 g/mol. The Morgan fingerprint density at radius 3 is 1.41 bits per heavy atom. The van der Waals surface area contributed by atoms with Gasteiger partial charge in [0.1, 0.15) is 4.60 Å². The summed E-state index contributed by atoms with van der Waals surface area (Å²) in [5.41, 5.74) is 5.14. The smallest absolute Gasteiger partial charge is 0.338 e. The number of nitrogens with one attached hydrogen (secondary N) is 2. The molecule has 464 valence electrons. The number of para-hydroxylation sites is 4. The Balaban J connectivity index is 0.000000198. The number of hydrogen-bond donors (Lipinski definition) is 3. The number of unbranched alkanes of at least 4 members (excludes halogenated alkanes) is 3. The predicted molar refractivity (Wildman–Crippen MR) is 368 cm³/mol. The van der Waals surface area contributed by atoms with Gasteiger partial charge in [0.25, 0.3) is 3.25 Å². The van der Waals surface area contributed by atoms with Crippen molar-refractivity contribution in [3.05, 3.63) is 200 Å². The van der Waals surface area contributed by atoms with Crippen molar-refractivity contribution < 1.29 is 43.1 Å². The number of carboxylic acids is 1. The third kappa shape index (κ3) is 21.6. The Labute approximate surface area is 546 Å². The summed E-state index contributed by atoms with van der Waals surface area (Å²) in [6, 6.07) is 36.7. The molecule has 6 aromatic heterocycles. The molecule has 10 aromatic rings. The van der Waals surface area contributed by atoms with E-state index in [9.17, 15) is 33.3 Å². The number of ether oxygens (including phenoxy) is 3. The van der Waals surface area contributed by atoms with E-state index in [1.165, 1.54) is 79.2 Å². The van der Waals surface area contributed by atoms with Crippen LogP contribution in [0.5, 0.6) is 0 Å². The first kappa shape index (κ1) is 72.2. The number of esters is 3. The van der Waals surface area contributed by atoms with Crippen LogP contribution in [0.4, 0.5) is 0 Å². The second-order valence-corrected chi connectivity index (χ2v) is 52.4. The van der Waals surface area contributed by atoms with Crippen molar-refractivity contribution in [1.29, 1.82) is 0 Å². The van der Waals surface area contributed by atoms with Gasteiger partial charge in [0.15, 0.2) is 0 Å². The zero-order valence-electron chi connectivity index (χ0n) is 50.0. The maximum absolute atomic E-state index is 12.0. The van der Waals surface area contributed by atoms with Crippen molar-refractivity contribution in [2.24, 2.45) is 14.1 Å². The summed E-state index contributed by atoms with van der Waals surface area (Å²) in [5, 5.41) is 16.2. The molecule has 0 aliphatic rings. The second kappa shape index (κ2) is 35.6. The minimum Gasteiger partial charge on any atom is -0.478 e. The number of aromatic carboxylic acids is 1. The number of fused-ring (bicyclic) bond motifs is 4. The Kier molecular flexibility index (Phi) is 29.2. The molecule has 3 N–H and O–H groups in total. The van der Waals surface area contributed by atoms with Gasteiger partial charge in [-0.2, -0.15) is 0 Å². The van der Waals surface area contributed by atoms with Crippen molar-refractivity contribution in [3.63, 3.8) is 0 Å². The van der Waals surface area contributed by atoms with Crippen molar-refractivity contribution in [2.45, 2.75) is 72.6 Å². The molecule has 0 spiro atoms. The zero-order chi connectivity index (χ0) is 64.6. The Bertz CT molecular complexity index is 4140. The Hall–Kier alpha value is -6.56. The molecule has 18 nitrogen and oxygen atoms in total. The van der Waals surface area contributed by atoms with Gasteiger partial charge < -0.3 is 33.9 Å². The van der Waals surface area contributed by atoms with Gasteiger partial charge in [-0.3, -0.25) is 14.2 Å². The van der Waals surface area contributed by atoms with E-state index in [0.717, 1.165) is 39.1 Å². The number of carbonyl (C=O) groups is 4. The molecule has 10 rings (SSSR count). The van der Waals surface area contributed by atoms with Crippen LogP contribution < -0.4 is 14.7 Å². The first-order valence-electron chi connectivity index (χ1n) is 28.0. The molecule has 0 fully saturated rings. The Morgan fingerprint density at radius 2 is 0.989 bits per heavy atom. The molecule has 24 heteroatoms. The molecule has 0 bridgehead atoms. The van der Waals surface area contributed by atoms with E-state index in [0.29, 0.717) is 37.5 Å². The van der Waals surface area contributed by atoms with Gasteiger partial charge in [0.2, 0.25) is 11.1 Å². The molecular formula is C64H70Br4N7O11PSn. The van der Waals surface area contributed by atoms with Crippen LogP contribution in [0.25, 0.3) is 54.9 Å². The van der Waals surface area contributed by atoms with Crippen LogP contribution in [0, 0.1) is 0 Å². The van der Waals surface area contributed by atoms with Crippen LogP contribution in [0.3, 0.4) is 0 Å². The molecule has 0 unspecified atom stereocenters. The normalized spacial score (nSPS) is 10.8. The number of pyridine rings is 4. The Morgan fingerprint density at radius 1 is 0.580 bits per heavy atom. The fourth-order valence-electron chi connectivity index (χ4n) is 9.59. The van der Waals surface area contributed by atoms with Gasteiger partial charge in [0, 0.05) is 116 Å². The van der Waals surface area contributed by atoms with E-state index in [2.05, 4.69) is 132 Å². The minimum atomic E-state index is -2.20. The molecule has 6 heterocycles. The molecule has 88 heavy (non-hydrogen) atoms. The number of carbonyl (C=O) groups excluding carboxylic acids is 3. The number of H-pyrrole nitrogens is 2. The quantitative estimate of drug-likeness (QED) is 0.0284. The molecular weight excluding hydrogens is 1510 g/mol. The van der Waals surface area contributed by atoms with Gasteiger partial charge in [-0.25, -0.2) is 29.1 Å². The molecule has 0 saturated carbocycles. The summed E-state index contributed by atoms with van der Waals surface area (Å²) in [6.45, 7) is 7.00. The van der Waals surface area contributed by atoms with E-state index in [4.69, 9.17) is 14.6 Å². The third-order valence-corrected chi connectivity index (χ3v) is 29.7. The first-order valence-corrected chi connectivity index (χ1v) is 44.0. The van der Waals surface area contributed by atoms with E-state index in [1.54, 1.807) is 64.2 Å². The van der Waals surface area contributed by atoms with Crippen LogP contribution in [-0.4, -0.2) is 103 Å². The molecule has 4 aromatic carbocycles. The minimum absolute atomic E-state index is 0.0318. The molecule has 0 amide bonds. The van der Waals surface area contributed by atoms with Crippen molar-refractivity contribution in [1.82, 2.24) is 34.3 Å². The number of aromatic nitrogens is 7. The summed E-state index contributed by atoms with van der Waals surface area (Å²) in [7, 11) is 8.06. The van der Waals surface area contributed by atoms with Crippen LogP contribution in [0.1, 0.15) is 101 Å². The van der Waals surface area contributed by atoms with Gasteiger partial charge in [-0.05, 0) is 58.4 Å². The standard InChI is InChI=1S/C16H14N2O2.C11H8BrNO2.C11H9NO3.C10H7NO3.C4H5N2.3C4H9.Br3OP.Sn/c1-18-8-7-11(10-18)15-9-13(16(19)20-2)12-5-3-4-6-14(12)17-15;1-15-11(14)8-6-10(12)13-9-5-3-2-4-7(8)9;1-15-11(14)8-6-10(13)12-9-5-3-2-4-7(8)9;12-9-5-7(10(13)14)6-3-1-2-4-8(6)11-9;1-6-4-2-3-5-6;3*1-3-4-2;1-5(2,3)4;/h3-10H,1-2H3;2-6H,1H3;2-6H,1H3,(H,12,13);1-5H,(H,11,12)(H,13,14);3-4H,1H3;3*1,3-4H2,2H3;;. The van der Waals surface area contributed by atoms with E-state index in [-0.39, 0.29) is 28.6 Å². The summed E-state index contributed by atoms with van der Waals surface area (Å²) >= 11 is 9.40. The number of carboxylic acid groups (broad SMARTS) is 1. The van der Waals surface area contributed by atoms with E-state index in [1.807, 2.05) is 83.3 Å². The molecule has 0 aliphatic carbocycles. The third-order valence-electron chi connectivity index (χ3n) is 13.8. The number of aryl methyl sites for hydroxylation is 2. The van der Waals surface area contributed by atoms with Crippen LogP contribution in [0.2, 0.25) is 13.3 Å². The molecule has 0 saturated heterocycles. The summed E-state index contributed by atoms with van der Waals surface area (Å²) in [5.74, 6) is -2.29. The van der Waals surface area contributed by atoms with Crippen molar-refractivity contribution >= 4 is 155 Å². The van der Waals surface area contributed by atoms with Crippen LogP contribution in [-0.2, 0) is 32.9 Å². The fourth-order valence-corrected chi connectivity index (χ4v) is 25.7. The summed E-state index contributed by atoms with van der Waals surface area (Å²) < 4.78 is 32.8. The number of nitrogens with zero attached hydrogens (tertiary/aromatic N) is 5. The SMILES string of the molecule is CCC[CH2][Sn]([CH2]CCC)([CH2]CCC)[c]1cnn(C)c1.COC(=O)c1cc(-c2ccn(C)c2)nc2ccccc12.COC(=O)c1cc(=O)[nH]c2ccccc12.COC(=O)c1cc(Br)nc2ccccc12.O=C(O)c1cc(=O)[nH]c2ccccc12.O=P(Br)(Br)Br. The second-order valence-electron chi connectivity index (χ2n) is 20.0. The van der Waals surface area contributed by atoms with Crippen LogP contribution in [0.15, 0.2) is 166 Å². The fraction of sp³-hybridized carbons (Fsp3) is 0.266. The molecule has 0 atom stereocenters. The first-order chi connectivity index (χ1) is 42.0. The zero-order valence-corrected chi connectivity index (χ0v) is 60.1. The number of halogens is 4. The van der Waals surface area contributed by atoms with Crippen LogP contribution >= 0.6 is 65.6 Å². The van der Waals surface area contributed by atoms with E-state index < -0.39 is 39.1 Å². The number of benzene rings is 4. The summed E-state index contributed by atoms with van der Waals surface area (Å²) in [4.78, 5) is 82.1. The average Bonchev–Trinajstić information content (AvgIpc) is 3.50. The number of rotatable bonds is 15. The number of methoxy groups -OCH3 is 3. The van der Waals surface area contributed by atoms with Gasteiger partial charge >= 0.3 is 148 Å². The van der Waals surface area contributed by atoms with Gasteiger partial charge in [-0.1, -0.05) is 72.8 Å². The topological polar surface area (TPSA) is 248 Å². The maximum Gasteiger partial charge on any atom is 0.338 e. The van der Waals surface area contributed by atoms with E-state index >= 15 is 0 Å². The number of aromatic amines is 2. The molecule has 0 radical (unpaired) electrons. The maximum atomic E-state index is 12.0. The largest absolute Gasteiger partial charge is 0.478 e. The predicted octanol–water partition coefficient (Wildman–Crippen LogP) is 16.1. The summed E-state index contributed by atoms with van der Waals surface area (Å²) in [6.07, 6.45) is 16.8.